The van der Waals surface area contributed by atoms with Gasteiger partial charge in [0.15, 0.2) is 0 Å². The first-order chi connectivity index (χ1) is 8.58. The van der Waals surface area contributed by atoms with Crippen molar-refractivity contribution < 1.29 is 21.6 Å². The van der Waals surface area contributed by atoms with E-state index in [2.05, 4.69) is 15.9 Å². The van der Waals surface area contributed by atoms with Crippen LogP contribution in [-0.2, 0) is 10.0 Å². The molecule has 3 nitrogen and oxygen atoms in total. The van der Waals surface area contributed by atoms with E-state index in [9.17, 15) is 21.6 Å². The zero-order valence-electron chi connectivity index (χ0n) is 9.91. The Labute approximate surface area is 117 Å². The second kappa shape index (κ2) is 4.66. The Hall–Kier alpha value is -0.760. The summed E-state index contributed by atoms with van der Waals surface area (Å²) in [7, 11) is -3.57. The molecule has 0 spiro atoms. The first kappa shape index (κ1) is 14.6. The van der Waals surface area contributed by atoms with Gasteiger partial charge >= 0.3 is 6.18 Å². The van der Waals surface area contributed by atoms with Crippen LogP contribution >= 0.6 is 15.9 Å². The number of fused-ring (bicyclic) bond motifs is 1. The van der Waals surface area contributed by atoms with Crippen molar-refractivity contribution in [3.8, 4) is 0 Å². The predicted molar refractivity (Wildman–Crippen MR) is 69.7 cm³/mol. The van der Waals surface area contributed by atoms with Crippen molar-refractivity contribution in [3.05, 3.63) is 28.2 Å². The number of halogens is 4. The molecule has 1 aliphatic heterocycles. The molecule has 0 fully saturated rings. The highest BCUT2D eigenvalue weighted by atomic mass is 79.9. The van der Waals surface area contributed by atoms with Crippen LogP contribution < -0.4 is 4.31 Å². The van der Waals surface area contributed by atoms with Gasteiger partial charge in [0.25, 0.3) is 0 Å². The fourth-order valence-corrected chi connectivity index (χ4v) is 3.60. The van der Waals surface area contributed by atoms with Gasteiger partial charge in [-0.2, -0.15) is 13.2 Å². The summed E-state index contributed by atoms with van der Waals surface area (Å²) >= 11 is 3.19. The number of nitrogens with zero attached hydrogens (tertiary/aromatic N) is 1. The molecule has 106 valence electrons. The lowest BCUT2D eigenvalue weighted by molar-refractivity contribution is -0.137. The largest absolute Gasteiger partial charge is 0.389 e. The van der Waals surface area contributed by atoms with E-state index in [1.165, 1.54) is 6.07 Å². The second-order valence-electron chi connectivity index (χ2n) is 4.51. The standard InChI is InChI=1S/C11H11BrF3NO2S/c1-19(17,18)16-6-7(5-11(13,14)15)9-4-8(12)2-3-10(9)16/h2-4,7H,5-6H2,1H3. The summed E-state index contributed by atoms with van der Waals surface area (Å²) < 4.78 is 62.6. The minimum Gasteiger partial charge on any atom is -0.270 e. The van der Waals surface area contributed by atoms with Crippen LogP contribution in [0.25, 0.3) is 0 Å². The van der Waals surface area contributed by atoms with Crippen molar-refractivity contribution in [2.45, 2.75) is 18.5 Å². The third-order valence-corrected chi connectivity index (χ3v) is 4.60. The monoisotopic (exact) mass is 357 g/mol. The summed E-state index contributed by atoms with van der Waals surface area (Å²) in [5.74, 6) is -0.859. The summed E-state index contributed by atoms with van der Waals surface area (Å²) in [5.41, 5.74) is 0.747. The number of hydrogen-bond donors (Lipinski definition) is 0. The molecule has 1 atom stereocenters. The van der Waals surface area contributed by atoms with Crippen molar-refractivity contribution in [1.29, 1.82) is 0 Å². The van der Waals surface area contributed by atoms with Gasteiger partial charge in [0.2, 0.25) is 10.0 Å². The zero-order chi connectivity index (χ0) is 14.4. The van der Waals surface area contributed by atoms with Gasteiger partial charge < -0.3 is 0 Å². The van der Waals surface area contributed by atoms with E-state index in [1.54, 1.807) is 12.1 Å². The van der Waals surface area contributed by atoms with E-state index >= 15 is 0 Å². The van der Waals surface area contributed by atoms with E-state index in [4.69, 9.17) is 0 Å². The highest BCUT2D eigenvalue weighted by Gasteiger charge is 2.40. The first-order valence-corrected chi connectivity index (χ1v) is 8.06. The van der Waals surface area contributed by atoms with Gasteiger partial charge in [0, 0.05) is 16.9 Å². The Morgan fingerprint density at radius 2 is 2.05 bits per heavy atom. The van der Waals surface area contributed by atoms with E-state index in [1.807, 2.05) is 0 Å². The van der Waals surface area contributed by atoms with Crippen LogP contribution in [0.4, 0.5) is 18.9 Å². The van der Waals surface area contributed by atoms with Crippen molar-refractivity contribution in [2.75, 3.05) is 17.1 Å². The van der Waals surface area contributed by atoms with Crippen LogP contribution in [0.5, 0.6) is 0 Å². The molecule has 0 aliphatic carbocycles. The van der Waals surface area contributed by atoms with Gasteiger partial charge in [-0.25, -0.2) is 8.42 Å². The predicted octanol–water partition coefficient (Wildman–Crippen LogP) is 3.26. The molecule has 1 heterocycles. The maximum absolute atomic E-state index is 12.5. The molecule has 1 aromatic carbocycles. The van der Waals surface area contributed by atoms with E-state index < -0.39 is 28.5 Å². The number of alkyl halides is 3. The summed E-state index contributed by atoms with van der Waals surface area (Å²) in [6.07, 6.45) is -4.35. The van der Waals surface area contributed by atoms with Gasteiger partial charge in [0.1, 0.15) is 0 Å². The molecule has 1 aliphatic rings. The quantitative estimate of drug-likeness (QED) is 0.814. The van der Waals surface area contributed by atoms with Crippen LogP contribution in [0.1, 0.15) is 17.9 Å². The molecule has 19 heavy (non-hydrogen) atoms. The molecule has 0 saturated carbocycles. The molecule has 0 N–H and O–H groups in total. The van der Waals surface area contributed by atoms with Crippen molar-refractivity contribution in [1.82, 2.24) is 0 Å². The Bertz CT molecular complexity index is 600. The summed E-state index contributed by atoms with van der Waals surface area (Å²) in [5, 5.41) is 0. The molecule has 2 rings (SSSR count). The zero-order valence-corrected chi connectivity index (χ0v) is 12.3. The smallest absolute Gasteiger partial charge is 0.270 e. The normalized spacial score (nSPS) is 19.6. The van der Waals surface area contributed by atoms with Gasteiger partial charge in [-0.15, -0.1) is 0 Å². The Morgan fingerprint density at radius 1 is 1.42 bits per heavy atom. The molecule has 0 amide bonds. The molecule has 1 aromatic rings. The van der Waals surface area contributed by atoms with Gasteiger partial charge in [-0.3, -0.25) is 4.31 Å². The number of rotatable bonds is 2. The lowest BCUT2D eigenvalue weighted by atomic mass is 9.98. The fraction of sp³-hybridized carbons (Fsp3) is 0.455. The Morgan fingerprint density at radius 3 is 2.58 bits per heavy atom. The summed E-state index contributed by atoms with van der Waals surface area (Å²) in [6.45, 7) is -0.163. The summed E-state index contributed by atoms with van der Waals surface area (Å²) in [4.78, 5) is 0. The highest BCUT2D eigenvalue weighted by molar-refractivity contribution is 9.10. The van der Waals surface area contributed by atoms with Gasteiger partial charge in [-0.1, -0.05) is 15.9 Å². The van der Waals surface area contributed by atoms with Crippen LogP contribution in [0.15, 0.2) is 22.7 Å². The third kappa shape index (κ3) is 3.22. The van der Waals surface area contributed by atoms with Crippen molar-refractivity contribution >= 4 is 31.6 Å². The molecule has 0 radical (unpaired) electrons. The van der Waals surface area contributed by atoms with E-state index in [0.29, 0.717) is 15.7 Å². The van der Waals surface area contributed by atoms with E-state index in [0.717, 1.165) is 10.6 Å². The molecule has 0 saturated heterocycles. The number of anilines is 1. The van der Waals surface area contributed by atoms with Crippen LogP contribution in [0, 0.1) is 0 Å². The molecule has 0 aromatic heterocycles. The average Bonchev–Trinajstić information content (AvgIpc) is 2.54. The lowest BCUT2D eigenvalue weighted by Gasteiger charge is -2.17. The topological polar surface area (TPSA) is 37.4 Å². The Balaban J connectivity index is 2.45. The van der Waals surface area contributed by atoms with Crippen molar-refractivity contribution in [3.63, 3.8) is 0 Å². The molecular weight excluding hydrogens is 347 g/mol. The average molecular weight is 358 g/mol. The maximum atomic E-state index is 12.5. The van der Waals surface area contributed by atoms with Gasteiger partial charge in [0.05, 0.1) is 18.4 Å². The SMILES string of the molecule is CS(=O)(=O)N1CC(CC(F)(F)F)c2cc(Br)ccc21. The highest BCUT2D eigenvalue weighted by Crippen LogP contribution is 2.43. The fourth-order valence-electron chi connectivity index (χ4n) is 2.24. The number of benzene rings is 1. The van der Waals surface area contributed by atoms with E-state index in [-0.39, 0.29) is 6.54 Å². The number of hydrogen-bond acceptors (Lipinski definition) is 2. The van der Waals surface area contributed by atoms with Crippen LogP contribution in [0.2, 0.25) is 0 Å². The minimum atomic E-state index is -4.32. The lowest BCUT2D eigenvalue weighted by Crippen LogP contribution is -2.29. The first-order valence-electron chi connectivity index (χ1n) is 5.42. The molecule has 8 heteroatoms. The molecular formula is C11H11BrF3NO2S. The Kier molecular flexibility index (Phi) is 3.59. The minimum absolute atomic E-state index is 0.163. The van der Waals surface area contributed by atoms with Gasteiger partial charge in [-0.05, 0) is 23.8 Å². The van der Waals surface area contributed by atoms with Crippen LogP contribution in [0.3, 0.4) is 0 Å². The molecule has 0 bridgehead atoms. The van der Waals surface area contributed by atoms with Crippen LogP contribution in [-0.4, -0.2) is 27.4 Å². The molecule has 1 unspecified atom stereocenters. The summed E-state index contributed by atoms with van der Waals surface area (Å²) in [6, 6.07) is 4.70. The maximum Gasteiger partial charge on any atom is 0.389 e. The third-order valence-electron chi connectivity index (χ3n) is 2.96. The second-order valence-corrected chi connectivity index (χ2v) is 7.34. The van der Waals surface area contributed by atoms with Crippen molar-refractivity contribution in [2.24, 2.45) is 0 Å². The number of sulfonamides is 1.